The zero-order valence-corrected chi connectivity index (χ0v) is 11.6. The van der Waals surface area contributed by atoms with Crippen LogP contribution in [-0.4, -0.2) is 24.3 Å². The average molecular weight is 290 g/mol. The van der Waals surface area contributed by atoms with Crippen molar-refractivity contribution in [3.63, 3.8) is 0 Å². The minimum atomic E-state index is -0.915. The third-order valence-corrected chi connectivity index (χ3v) is 4.22. The molecule has 4 nitrogen and oxygen atoms in total. The van der Waals surface area contributed by atoms with Gasteiger partial charge in [-0.1, -0.05) is 18.2 Å². The van der Waals surface area contributed by atoms with Crippen LogP contribution in [0.2, 0.25) is 0 Å². The summed E-state index contributed by atoms with van der Waals surface area (Å²) >= 11 is 1.18. The molecule has 0 fully saturated rings. The van der Waals surface area contributed by atoms with Crippen LogP contribution in [0.15, 0.2) is 35.7 Å². The Morgan fingerprint density at radius 3 is 3.10 bits per heavy atom. The zero-order valence-electron chi connectivity index (χ0n) is 10.7. The molecule has 5 heteroatoms. The summed E-state index contributed by atoms with van der Waals surface area (Å²) in [5.41, 5.74) is 1.16. The van der Waals surface area contributed by atoms with Crippen molar-refractivity contribution in [2.24, 2.45) is 0 Å². The lowest BCUT2D eigenvalue weighted by molar-refractivity contribution is 0.0702. The van der Waals surface area contributed by atoms with Gasteiger partial charge in [-0.15, -0.1) is 11.3 Å². The minimum absolute atomic E-state index is 0.285. The van der Waals surface area contributed by atoms with Gasteiger partial charge in [0.2, 0.25) is 0 Å². The molecule has 2 aromatic rings. The van der Waals surface area contributed by atoms with Gasteiger partial charge in [0.15, 0.2) is 0 Å². The normalized spacial score (nSPS) is 17.1. The van der Waals surface area contributed by atoms with Crippen molar-refractivity contribution >= 4 is 17.3 Å². The van der Waals surface area contributed by atoms with E-state index in [-0.39, 0.29) is 5.92 Å². The number of carboxylic acids is 1. The number of fused-ring (bicyclic) bond motifs is 1. The van der Waals surface area contributed by atoms with E-state index in [4.69, 9.17) is 14.6 Å². The standard InChI is InChI=1S/C15H14O4S/c16-15(17)14-7-11(9-20-14)19-8-10-5-6-18-13-4-2-1-3-12(10)13/h1-4,7,9-10H,5-6,8H2,(H,16,17). The van der Waals surface area contributed by atoms with Crippen LogP contribution in [0.1, 0.15) is 27.6 Å². The van der Waals surface area contributed by atoms with E-state index in [1.165, 1.54) is 11.3 Å². The predicted molar refractivity (Wildman–Crippen MR) is 76.1 cm³/mol. The highest BCUT2D eigenvalue weighted by molar-refractivity contribution is 7.12. The molecule has 0 saturated carbocycles. The molecule has 1 N–H and O–H groups in total. The molecule has 0 radical (unpaired) electrons. The topological polar surface area (TPSA) is 55.8 Å². The highest BCUT2D eigenvalue weighted by atomic mass is 32.1. The molecular formula is C15H14O4S. The number of hydrogen-bond donors (Lipinski definition) is 1. The molecule has 104 valence electrons. The van der Waals surface area contributed by atoms with E-state index in [2.05, 4.69) is 6.07 Å². The first kappa shape index (κ1) is 13.0. The number of aromatic carboxylic acids is 1. The third-order valence-electron chi connectivity index (χ3n) is 3.32. The number of ether oxygens (including phenoxy) is 2. The molecule has 1 aromatic heterocycles. The van der Waals surface area contributed by atoms with Crippen molar-refractivity contribution in [2.75, 3.05) is 13.2 Å². The SMILES string of the molecule is O=C(O)c1cc(OCC2CCOc3ccccc32)cs1. The van der Waals surface area contributed by atoms with Gasteiger partial charge in [-0.3, -0.25) is 0 Å². The molecule has 0 bridgehead atoms. The predicted octanol–water partition coefficient (Wildman–Crippen LogP) is 3.39. The van der Waals surface area contributed by atoms with E-state index in [1.54, 1.807) is 11.4 Å². The molecule has 1 aliphatic heterocycles. The van der Waals surface area contributed by atoms with Gasteiger partial charge in [0, 0.05) is 22.9 Å². The molecule has 20 heavy (non-hydrogen) atoms. The molecule has 3 rings (SSSR count). The highest BCUT2D eigenvalue weighted by Gasteiger charge is 2.21. The lowest BCUT2D eigenvalue weighted by Crippen LogP contribution is -2.19. The first-order chi connectivity index (χ1) is 9.74. The first-order valence-electron chi connectivity index (χ1n) is 6.40. The van der Waals surface area contributed by atoms with Crippen LogP contribution in [-0.2, 0) is 0 Å². The maximum atomic E-state index is 10.8. The van der Waals surface area contributed by atoms with Crippen LogP contribution < -0.4 is 9.47 Å². The molecule has 1 aliphatic rings. The smallest absolute Gasteiger partial charge is 0.346 e. The molecular weight excluding hydrogens is 276 g/mol. The Bertz CT molecular complexity index is 620. The Labute approximate surface area is 120 Å². The average Bonchev–Trinajstić information content (AvgIpc) is 2.94. The Morgan fingerprint density at radius 2 is 2.30 bits per heavy atom. The van der Waals surface area contributed by atoms with E-state index < -0.39 is 5.97 Å². The van der Waals surface area contributed by atoms with Gasteiger partial charge < -0.3 is 14.6 Å². The Morgan fingerprint density at radius 1 is 1.45 bits per heavy atom. The summed E-state index contributed by atoms with van der Waals surface area (Å²) in [6.07, 6.45) is 0.910. The van der Waals surface area contributed by atoms with E-state index in [0.29, 0.717) is 23.8 Å². The number of para-hydroxylation sites is 1. The van der Waals surface area contributed by atoms with Crippen molar-refractivity contribution < 1.29 is 19.4 Å². The van der Waals surface area contributed by atoms with E-state index in [1.807, 2.05) is 18.2 Å². The van der Waals surface area contributed by atoms with Gasteiger partial charge >= 0.3 is 5.97 Å². The van der Waals surface area contributed by atoms with Crippen LogP contribution >= 0.6 is 11.3 Å². The van der Waals surface area contributed by atoms with Crippen molar-refractivity contribution in [3.05, 3.63) is 46.2 Å². The molecule has 2 heterocycles. The highest BCUT2D eigenvalue weighted by Crippen LogP contribution is 2.34. The second kappa shape index (κ2) is 5.54. The largest absolute Gasteiger partial charge is 0.493 e. The summed E-state index contributed by atoms with van der Waals surface area (Å²) in [6.45, 7) is 1.23. The van der Waals surface area contributed by atoms with Crippen molar-refractivity contribution in [3.8, 4) is 11.5 Å². The Hall–Kier alpha value is -2.01. The van der Waals surface area contributed by atoms with Crippen molar-refractivity contribution in [1.82, 2.24) is 0 Å². The van der Waals surface area contributed by atoms with Crippen LogP contribution in [0.25, 0.3) is 0 Å². The molecule has 1 unspecified atom stereocenters. The lowest BCUT2D eigenvalue weighted by atomic mass is 9.94. The van der Waals surface area contributed by atoms with Gasteiger partial charge in [-0.05, 0) is 12.5 Å². The van der Waals surface area contributed by atoms with Crippen molar-refractivity contribution in [1.29, 1.82) is 0 Å². The monoisotopic (exact) mass is 290 g/mol. The van der Waals surface area contributed by atoms with Gasteiger partial charge in [-0.25, -0.2) is 4.79 Å². The molecule has 1 aromatic carbocycles. The zero-order chi connectivity index (χ0) is 13.9. The minimum Gasteiger partial charge on any atom is -0.493 e. The quantitative estimate of drug-likeness (QED) is 0.937. The number of carboxylic acid groups (broad SMARTS) is 1. The van der Waals surface area contributed by atoms with Crippen LogP contribution in [0, 0.1) is 0 Å². The molecule has 1 atom stereocenters. The van der Waals surface area contributed by atoms with Crippen molar-refractivity contribution in [2.45, 2.75) is 12.3 Å². The number of rotatable bonds is 4. The molecule has 0 aliphatic carbocycles. The van der Waals surface area contributed by atoms with E-state index in [0.717, 1.165) is 17.7 Å². The van der Waals surface area contributed by atoms with Gasteiger partial charge in [-0.2, -0.15) is 0 Å². The van der Waals surface area contributed by atoms with E-state index in [9.17, 15) is 4.79 Å². The lowest BCUT2D eigenvalue weighted by Gasteiger charge is -2.25. The van der Waals surface area contributed by atoms with Gasteiger partial charge in [0.25, 0.3) is 0 Å². The number of thiophene rings is 1. The van der Waals surface area contributed by atoms with Crippen LogP contribution in [0.5, 0.6) is 11.5 Å². The number of benzene rings is 1. The maximum Gasteiger partial charge on any atom is 0.346 e. The molecule has 0 spiro atoms. The summed E-state index contributed by atoms with van der Waals surface area (Å²) < 4.78 is 11.3. The molecule has 0 saturated heterocycles. The Balaban J connectivity index is 1.68. The maximum absolute atomic E-state index is 10.8. The summed E-state index contributed by atoms with van der Waals surface area (Å²) in [5, 5.41) is 10.6. The first-order valence-corrected chi connectivity index (χ1v) is 7.28. The summed E-state index contributed by atoms with van der Waals surface area (Å²) in [6, 6.07) is 9.54. The fraction of sp³-hybridized carbons (Fsp3) is 0.267. The van der Waals surface area contributed by atoms with Gasteiger partial charge in [0.05, 0.1) is 13.2 Å². The second-order valence-corrected chi connectivity index (χ2v) is 5.55. The summed E-state index contributed by atoms with van der Waals surface area (Å²) in [7, 11) is 0. The third kappa shape index (κ3) is 2.63. The second-order valence-electron chi connectivity index (χ2n) is 4.63. The number of carbonyl (C=O) groups is 1. The Kier molecular flexibility index (Phi) is 3.60. The number of hydrogen-bond acceptors (Lipinski definition) is 4. The summed E-state index contributed by atoms with van der Waals surface area (Å²) in [5.74, 6) is 0.912. The van der Waals surface area contributed by atoms with Crippen LogP contribution in [0.3, 0.4) is 0 Å². The van der Waals surface area contributed by atoms with E-state index >= 15 is 0 Å². The van der Waals surface area contributed by atoms with Gasteiger partial charge in [0.1, 0.15) is 16.4 Å². The fourth-order valence-electron chi connectivity index (χ4n) is 2.29. The fourth-order valence-corrected chi connectivity index (χ4v) is 2.96. The summed E-state index contributed by atoms with van der Waals surface area (Å²) in [4.78, 5) is 11.1. The molecule has 0 amide bonds. The van der Waals surface area contributed by atoms with Crippen LogP contribution in [0.4, 0.5) is 0 Å².